The zero-order valence-corrected chi connectivity index (χ0v) is 20.1. The predicted molar refractivity (Wildman–Crippen MR) is 139 cm³/mol. The van der Waals surface area contributed by atoms with Gasteiger partial charge in [-0.3, -0.25) is 14.5 Å². The summed E-state index contributed by atoms with van der Waals surface area (Å²) in [4.78, 5) is 32.1. The van der Waals surface area contributed by atoms with E-state index in [4.69, 9.17) is 9.47 Å². The normalized spacial score (nSPS) is 15.5. The molecule has 0 bridgehead atoms. The molecule has 3 aromatic carbocycles. The van der Waals surface area contributed by atoms with Crippen LogP contribution in [0.5, 0.6) is 11.5 Å². The molecule has 0 aromatic heterocycles. The van der Waals surface area contributed by atoms with Crippen molar-refractivity contribution in [1.82, 2.24) is 0 Å². The van der Waals surface area contributed by atoms with Gasteiger partial charge in [-0.25, -0.2) is 4.99 Å². The van der Waals surface area contributed by atoms with Gasteiger partial charge in [-0.1, -0.05) is 47.7 Å². The maximum Gasteiger partial charge on any atom is 0.283 e. The highest BCUT2D eigenvalue weighted by atomic mass is 32.2. The molecule has 3 aromatic rings. The third-order valence-electron chi connectivity index (χ3n) is 5.46. The number of nitrogens with zero attached hydrogens (tertiary/aromatic N) is 2. The molecule has 0 radical (unpaired) electrons. The van der Waals surface area contributed by atoms with Crippen LogP contribution >= 0.6 is 11.8 Å². The van der Waals surface area contributed by atoms with E-state index >= 15 is 0 Å². The molecule has 5 rings (SSSR count). The minimum atomic E-state index is -0.256. The van der Waals surface area contributed by atoms with Gasteiger partial charge < -0.3 is 14.8 Å². The first kappa shape index (κ1) is 22.7. The summed E-state index contributed by atoms with van der Waals surface area (Å²) >= 11 is 1.22. The smallest absolute Gasteiger partial charge is 0.283 e. The highest BCUT2D eigenvalue weighted by Gasteiger charge is 2.32. The van der Waals surface area contributed by atoms with Crippen LogP contribution in [0, 0.1) is 13.8 Å². The predicted octanol–water partition coefficient (Wildman–Crippen LogP) is 5.15. The zero-order chi connectivity index (χ0) is 24.4. The fourth-order valence-corrected chi connectivity index (χ4v) is 4.54. The number of amidine groups is 1. The molecule has 0 atom stereocenters. The molecule has 2 amide bonds. The third kappa shape index (κ3) is 5.07. The van der Waals surface area contributed by atoms with Crippen molar-refractivity contribution in [2.45, 2.75) is 13.8 Å². The Morgan fingerprint density at radius 2 is 1.83 bits per heavy atom. The number of ether oxygens (including phenoxy) is 2. The number of carbonyl (C=O) groups is 2. The Hall–Kier alpha value is -4.04. The Bertz CT molecular complexity index is 1370. The molecule has 176 valence electrons. The average Bonchev–Trinajstić information content (AvgIpc) is 3.42. The minimum Gasteiger partial charge on any atom is -0.454 e. The second-order valence-electron chi connectivity index (χ2n) is 8.22. The van der Waals surface area contributed by atoms with E-state index in [0.717, 1.165) is 22.4 Å². The number of aryl methyl sites for hydroxylation is 2. The molecule has 1 N–H and O–H groups in total. The van der Waals surface area contributed by atoms with Crippen LogP contribution in [-0.2, 0) is 9.59 Å². The molecule has 2 aliphatic rings. The van der Waals surface area contributed by atoms with Gasteiger partial charge in [0, 0.05) is 5.69 Å². The largest absolute Gasteiger partial charge is 0.454 e. The molecule has 7 nitrogen and oxygen atoms in total. The molecule has 0 saturated heterocycles. The number of rotatable bonds is 5. The number of anilines is 2. The lowest BCUT2D eigenvalue weighted by molar-refractivity contribution is -0.114. The number of nitrogens with one attached hydrogen (secondary N) is 1. The van der Waals surface area contributed by atoms with Crippen LogP contribution in [0.4, 0.5) is 11.4 Å². The molecule has 2 aliphatic heterocycles. The molecule has 0 fully saturated rings. The van der Waals surface area contributed by atoms with E-state index in [1.807, 2.05) is 74.5 Å². The van der Waals surface area contributed by atoms with Crippen molar-refractivity contribution in [2.24, 2.45) is 4.99 Å². The summed E-state index contributed by atoms with van der Waals surface area (Å²) < 4.78 is 10.8. The van der Waals surface area contributed by atoms with E-state index in [2.05, 4.69) is 10.3 Å². The summed E-state index contributed by atoms with van der Waals surface area (Å²) in [5.74, 6) is 0.984. The van der Waals surface area contributed by atoms with E-state index in [1.165, 1.54) is 11.8 Å². The van der Waals surface area contributed by atoms with Gasteiger partial charge >= 0.3 is 0 Å². The number of fused-ring (bicyclic) bond motifs is 1. The average molecular weight is 486 g/mol. The van der Waals surface area contributed by atoms with E-state index in [9.17, 15) is 9.59 Å². The summed E-state index contributed by atoms with van der Waals surface area (Å²) in [5, 5.41) is 3.35. The van der Waals surface area contributed by atoms with Crippen LogP contribution in [0.3, 0.4) is 0 Å². The minimum absolute atomic E-state index is 0.111. The molecule has 0 aliphatic carbocycles. The first-order valence-electron chi connectivity index (χ1n) is 11.1. The van der Waals surface area contributed by atoms with Crippen LogP contribution in [0.25, 0.3) is 6.08 Å². The molecule has 0 spiro atoms. The lowest BCUT2D eigenvalue weighted by atomic mass is 10.1. The Morgan fingerprint density at radius 3 is 2.63 bits per heavy atom. The summed E-state index contributed by atoms with van der Waals surface area (Å²) in [5.41, 5.74) is 4.63. The van der Waals surface area contributed by atoms with Gasteiger partial charge in [0.05, 0.1) is 11.4 Å². The summed E-state index contributed by atoms with van der Waals surface area (Å²) in [6, 6.07) is 20.7. The highest BCUT2D eigenvalue weighted by Crippen LogP contribution is 2.34. The van der Waals surface area contributed by atoms with Gasteiger partial charge in [0.15, 0.2) is 16.7 Å². The molecule has 0 unspecified atom stereocenters. The number of hydrogen-bond acceptors (Lipinski definition) is 6. The molecule has 2 heterocycles. The number of hydrogen-bond donors (Lipinski definition) is 1. The van der Waals surface area contributed by atoms with Crippen LogP contribution in [0.2, 0.25) is 0 Å². The van der Waals surface area contributed by atoms with Crippen molar-refractivity contribution in [3.63, 3.8) is 0 Å². The second kappa shape index (κ2) is 9.68. The van der Waals surface area contributed by atoms with Gasteiger partial charge in [0.1, 0.15) is 5.70 Å². The van der Waals surface area contributed by atoms with E-state index in [0.29, 0.717) is 22.4 Å². The highest BCUT2D eigenvalue weighted by molar-refractivity contribution is 8.14. The van der Waals surface area contributed by atoms with Gasteiger partial charge in [-0.15, -0.1) is 0 Å². The maximum absolute atomic E-state index is 13.4. The molecular formula is C27H23N3O4S. The Morgan fingerprint density at radius 1 is 1.03 bits per heavy atom. The summed E-state index contributed by atoms with van der Waals surface area (Å²) in [6.07, 6.45) is 1.71. The van der Waals surface area contributed by atoms with Gasteiger partial charge in [0.2, 0.25) is 12.7 Å². The first-order chi connectivity index (χ1) is 17.0. The van der Waals surface area contributed by atoms with E-state index in [1.54, 1.807) is 17.0 Å². The van der Waals surface area contributed by atoms with Gasteiger partial charge in [-0.05, 0) is 67.4 Å². The molecular weight excluding hydrogens is 462 g/mol. The van der Waals surface area contributed by atoms with Crippen LogP contribution in [0.1, 0.15) is 16.7 Å². The topological polar surface area (TPSA) is 80.2 Å². The Balaban J connectivity index is 1.39. The summed E-state index contributed by atoms with van der Waals surface area (Å²) in [6.45, 7) is 4.13. The standard InChI is InChI=1S/C27H23N3O4S/c1-17-6-9-21(10-7-17)30-26(32)22(13-19-8-11-23-24(14-19)34-16-33-23)29-27(30)35-15-25(31)28-20-5-3-4-18(2)12-20/h3-14H,15-16H2,1-2H3,(H,28,31). The van der Waals surface area contributed by atoms with Crippen molar-refractivity contribution in [2.75, 3.05) is 22.8 Å². The lowest BCUT2D eigenvalue weighted by Crippen LogP contribution is -2.31. The fraction of sp³-hybridized carbons (Fsp3) is 0.148. The second-order valence-corrected chi connectivity index (χ2v) is 9.16. The molecule has 8 heteroatoms. The third-order valence-corrected chi connectivity index (χ3v) is 6.39. The number of benzene rings is 3. The van der Waals surface area contributed by atoms with Crippen molar-refractivity contribution in [3.05, 3.63) is 89.1 Å². The van der Waals surface area contributed by atoms with Crippen molar-refractivity contribution in [1.29, 1.82) is 0 Å². The molecule has 35 heavy (non-hydrogen) atoms. The van der Waals surface area contributed by atoms with E-state index in [-0.39, 0.29) is 30.1 Å². The van der Waals surface area contributed by atoms with E-state index < -0.39 is 0 Å². The number of amides is 2. The monoisotopic (exact) mass is 485 g/mol. The number of aliphatic imine (C=N–C) groups is 1. The van der Waals surface area contributed by atoms with Crippen molar-refractivity contribution < 1.29 is 19.1 Å². The lowest BCUT2D eigenvalue weighted by Gasteiger charge is -2.18. The van der Waals surface area contributed by atoms with Crippen molar-refractivity contribution >= 4 is 46.2 Å². The Labute approximate surface area is 207 Å². The first-order valence-corrected chi connectivity index (χ1v) is 12.1. The van der Waals surface area contributed by atoms with Crippen molar-refractivity contribution in [3.8, 4) is 11.5 Å². The Kier molecular flexibility index (Phi) is 6.29. The quantitative estimate of drug-likeness (QED) is 0.506. The van der Waals surface area contributed by atoms with Crippen LogP contribution in [0.15, 0.2) is 77.4 Å². The number of carbonyl (C=O) groups excluding carboxylic acids is 2. The fourth-order valence-electron chi connectivity index (χ4n) is 3.73. The van der Waals surface area contributed by atoms with Gasteiger partial charge in [-0.2, -0.15) is 0 Å². The summed E-state index contributed by atoms with van der Waals surface area (Å²) in [7, 11) is 0. The van der Waals surface area contributed by atoms with Crippen LogP contribution < -0.4 is 19.7 Å². The zero-order valence-electron chi connectivity index (χ0n) is 19.3. The SMILES string of the molecule is Cc1ccc(N2C(=O)C(=Cc3ccc4c(c3)OCO4)N=C2SCC(=O)Nc2cccc(C)c2)cc1. The number of thioether (sulfide) groups is 1. The maximum atomic E-state index is 13.4. The van der Waals surface area contributed by atoms with Crippen LogP contribution in [-0.4, -0.2) is 29.5 Å². The van der Waals surface area contributed by atoms with Gasteiger partial charge in [0.25, 0.3) is 5.91 Å². The molecule has 0 saturated carbocycles.